The lowest BCUT2D eigenvalue weighted by atomic mass is 9.84. The van der Waals surface area contributed by atoms with Gasteiger partial charge in [0, 0.05) is 12.1 Å². The van der Waals surface area contributed by atoms with Gasteiger partial charge in [0.05, 0.1) is 17.0 Å². The predicted molar refractivity (Wildman–Crippen MR) is 117 cm³/mol. The number of nitrogens with two attached hydrogens (primary N) is 1. The third-order valence-electron chi connectivity index (χ3n) is 5.20. The van der Waals surface area contributed by atoms with Crippen molar-refractivity contribution in [1.29, 1.82) is 10.8 Å². The molecule has 1 aliphatic heterocycles. The van der Waals surface area contributed by atoms with Gasteiger partial charge in [-0.05, 0) is 44.4 Å². The van der Waals surface area contributed by atoms with Crippen LogP contribution in [-0.2, 0) is 0 Å². The molecule has 27 heavy (non-hydrogen) atoms. The van der Waals surface area contributed by atoms with E-state index in [1.165, 1.54) is 19.3 Å². The van der Waals surface area contributed by atoms with Crippen LogP contribution in [0.5, 0.6) is 0 Å². The topological polar surface area (TPSA) is 89.0 Å². The number of allylic oxidation sites excluding steroid dienone is 1. The van der Waals surface area contributed by atoms with Gasteiger partial charge in [0.1, 0.15) is 11.0 Å². The van der Waals surface area contributed by atoms with Gasteiger partial charge in [-0.25, -0.2) is 0 Å². The third kappa shape index (κ3) is 5.38. The predicted octanol–water partition coefficient (Wildman–Crippen LogP) is 5.10. The molecular weight excluding hydrogens is 358 g/mol. The molecule has 1 saturated carbocycles. The van der Waals surface area contributed by atoms with Gasteiger partial charge in [-0.15, -0.1) is 0 Å². The lowest BCUT2D eigenvalue weighted by Gasteiger charge is -2.42. The normalized spacial score (nSPS) is 27.0. The molecule has 0 aromatic heterocycles. The highest BCUT2D eigenvalue weighted by Crippen LogP contribution is 2.39. The van der Waals surface area contributed by atoms with Gasteiger partial charge < -0.3 is 16.0 Å². The number of hydrogen-bond acceptors (Lipinski definition) is 4. The first-order chi connectivity index (χ1) is 12.9. The van der Waals surface area contributed by atoms with Crippen molar-refractivity contribution in [1.82, 2.24) is 10.2 Å². The second-order valence-electron chi connectivity index (χ2n) is 6.89. The molecule has 152 valence electrons. The molecule has 2 aliphatic rings. The van der Waals surface area contributed by atoms with Gasteiger partial charge in [-0.2, -0.15) is 0 Å². The Kier molecular flexibility index (Phi) is 9.64. The Hall–Kier alpha value is -1.75. The maximum absolute atomic E-state index is 7.99. The van der Waals surface area contributed by atoms with Crippen molar-refractivity contribution < 1.29 is 0 Å². The SMILES string of the molecule is C/C=C\NC1=CC(CC)N(C2CCCCC2C)/C1=C(\C(=N)N)C(=N)Cl.CC. The second-order valence-corrected chi connectivity index (χ2v) is 7.27. The van der Waals surface area contributed by atoms with Gasteiger partial charge in [0.15, 0.2) is 0 Å². The lowest BCUT2D eigenvalue weighted by molar-refractivity contribution is 0.131. The zero-order chi connectivity index (χ0) is 20.6. The minimum absolute atomic E-state index is 0.159. The van der Waals surface area contributed by atoms with Crippen LogP contribution in [0.3, 0.4) is 0 Å². The summed E-state index contributed by atoms with van der Waals surface area (Å²) in [5, 5.41) is 19.1. The molecule has 0 aromatic carbocycles. The van der Waals surface area contributed by atoms with Gasteiger partial charge in [-0.1, -0.05) is 58.2 Å². The third-order valence-corrected chi connectivity index (χ3v) is 5.39. The van der Waals surface area contributed by atoms with Gasteiger partial charge >= 0.3 is 0 Å². The van der Waals surface area contributed by atoms with Crippen molar-refractivity contribution in [3.05, 3.63) is 35.3 Å². The zero-order valence-electron chi connectivity index (χ0n) is 17.4. The number of halogens is 1. The Balaban J connectivity index is 0.00000176. The molecule has 0 aromatic rings. The van der Waals surface area contributed by atoms with Gasteiger partial charge in [0.2, 0.25) is 0 Å². The van der Waals surface area contributed by atoms with Crippen LogP contribution in [0.25, 0.3) is 0 Å². The Morgan fingerprint density at radius 2 is 1.96 bits per heavy atom. The van der Waals surface area contributed by atoms with E-state index in [1.807, 2.05) is 33.0 Å². The van der Waals surface area contributed by atoms with Crippen LogP contribution in [0.15, 0.2) is 35.3 Å². The fourth-order valence-electron chi connectivity index (χ4n) is 4.00. The molecule has 1 heterocycles. The van der Waals surface area contributed by atoms with Crippen LogP contribution in [0.2, 0.25) is 0 Å². The Morgan fingerprint density at radius 3 is 2.44 bits per heavy atom. The van der Waals surface area contributed by atoms with E-state index in [0.29, 0.717) is 17.5 Å². The number of hydrogen-bond donors (Lipinski definition) is 4. The number of nitrogens with zero attached hydrogens (tertiary/aromatic N) is 1. The minimum atomic E-state index is -0.180. The monoisotopic (exact) mass is 393 g/mol. The summed E-state index contributed by atoms with van der Waals surface area (Å²) in [4.78, 5) is 2.36. The minimum Gasteiger partial charge on any atom is -0.384 e. The van der Waals surface area contributed by atoms with E-state index in [4.69, 9.17) is 28.2 Å². The number of rotatable bonds is 6. The fraction of sp³-hybridized carbons (Fsp3) is 0.619. The first-order valence-electron chi connectivity index (χ1n) is 10.1. The Bertz CT molecular complexity index is 604. The Labute approximate surface area is 169 Å². The maximum Gasteiger partial charge on any atom is 0.133 e. The quantitative estimate of drug-likeness (QED) is 0.374. The van der Waals surface area contributed by atoms with Crippen LogP contribution in [0.1, 0.15) is 66.7 Å². The highest BCUT2D eigenvalue weighted by molar-refractivity contribution is 6.71. The molecule has 0 saturated heterocycles. The van der Waals surface area contributed by atoms with Crippen LogP contribution < -0.4 is 11.1 Å². The zero-order valence-corrected chi connectivity index (χ0v) is 18.2. The number of amidine groups is 1. The molecule has 5 N–H and O–H groups in total. The molecular formula is C21H36ClN5. The molecule has 5 nitrogen and oxygen atoms in total. The van der Waals surface area contributed by atoms with Crippen LogP contribution in [0, 0.1) is 16.7 Å². The average Bonchev–Trinajstić information content (AvgIpc) is 2.99. The number of nitrogens with one attached hydrogen (secondary N) is 3. The summed E-state index contributed by atoms with van der Waals surface area (Å²) in [7, 11) is 0. The van der Waals surface area contributed by atoms with Gasteiger partial charge in [0.25, 0.3) is 0 Å². The molecule has 6 heteroatoms. The fourth-order valence-corrected chi connectivity index (χ4v) is 4.19. The van der Waals surface area contributed by atoms with E-state index in [-0.39, 0.29) is 17.0 Å². The van der Waals surface area contributed by atoms with E-state index in [0.717, 1.165) is 24.2 Å². The first kappa shape index (κ1) is 23.3. The molecule has 3 atom stereocenters. The summed E-state index contributed by atoms with van der Waals surface area (Å²) >= 11 is 6.05. The van der Waals surface area contributed by atoms with Crippen molar-refractivity contribution in [2.24, 2.45) is 11.7 Å². The van der Waals surface area contributed by atoms with Crippen molar-refractivity contribution in [2.45, 2.75) is 78.8 Å². The van der Waals surface area contributed by atoms with E-state index in [9.17, 15) is 0 Å². The lowest BCUT2D eigenvalue weighted by Crippen LogP contribution is -2.45. The smallest absolute Gasteiger partial charge is 0.133 e. The molecule has 1 aliphatic carbocycles. The van der Waals surface area contributed by atoms with E-state index >= 15 is 0 Å². The van der Waals surface area contributed by atoms with Crippen LogP contribution >= 0.6 is 11.6 Å². The summed E-state index contributed by atoms with van der Waals surface area (Å²) in [5.74, 6) is 0.401. The van der Waals surface area contributed by atoms with Crippen molar-refractivity contribution in [3.63, 3.8) is 0 Å². The molecule has 0 spiro atoms. The first-order valence-corrected chi connectivity index (χ1v) is 10.5. The molecule has 2 rings (SSSR count). The van der Waals surface area contributed by atoms with Crippen molar-refractivity contribution in [2.75, 3.05) is 0 Å². The summed E-state index contributed by atoms with van der Waals surface area (Å²) in [5.41, 5.74) is 7.83. The van der Waals surface area contributed by atoms with Crippen molar-refractivity contribution in [3.8, 4) is 0 Å². The summed E-state index contributed by atoms with van der Waals surface area (Å²) in [6, 6.07) is 0.596. The van der Waals surface area contributed by atoms with Gasteiger partial charge in [-0.3, -0.25) is 10.8 Å². The summed E-state index contributed by atoms with van der Waals surface area (Å²) < 4.78 is 0. The highest BCUT2D eigenvalue weighted by atomic mass is 35.5. The second kappa shape index (κ2) is 11.2. The molecule has 0 radical (unpaired) electrons. The molecule has 0 amide bonds. The van der Waals surface area contributed by atoms with Crippen molar-refractivity contribution >= 4 is 22.6 Å². The Morgan fingerprint density at radius 1 is 1.33 bits per heavy atom. The van der Waals surface area contributed by atoms with Crippen LogP contribution in [0.4, 0.5) is 0 Å². The summed E-state index contributed by atoms with van der Waals surface area (Å²) in [6.07, 6.45) is 11.7. The molecule has 3 unspecified atom stereocenters. The highest BCUT2D eigenvalue weighted by Gasteiger charge is 2.39. The standard InChI is InChI=1S/C19H30ClN5.C2H6/c1-4-10-24-14-11-13(5-2)25(15-9-7-6-8-12(15)3)17(14)16(18(20)21)19(22)23;1-2/h4,10-13,15,21,24H,5-9H2,1-3H3,(H3,22,23);1-2H3/b10-4-,17-16-,21-18?;. The maximum atomic E-state index is 7.99. The van der Waals surface area contributed by atoms with Crippen LogP contribution in [-0.4, -0.2) is 28.0 Å². The molecule has 1 fully saturated rings. The largest absolute Gasteiger partial charge is 0.384 e. The molecule has 0 bridgehead atoms. The average molecular weight is 394 g/mol. The van der Waals surface area contributed by atoms with E-state index < -0.39 is 0 Å². The summed E-state index contributed by atoms with van der Waals surface area (Å²) in [6.45, 7) is 10.4. The van der Waals surface area contributed by atoms with E-state index in [2.05, 4.69) is 30.1 Å². The van der Waals surface area contributed by atoms with E-state index in [1.54, 1.807) is 0 Å².